The molecule has 25 heavy (non-hydrogen) atoms. The van der Waals surface area contributed by atoms with Crippen LogP contribution in [0.5, 0.6) is 5.75 Å². The second-order valence-electron chi connectivity index (χ2n) is 4.71. The van der Waals surface area contributed by atoms with Gasteiger partial charge in [0.25, 0.3) is 10.8 Å². The number of hydrogen-bond acceptors (Lipinski definition) is 9. The molecule has 0 amide bonds. The summed E-state index contributed by atoms with van der Waals surface area (Å²) < 4.78 is 9.77. The van der Waals surface area contributed by atoms with E-state index in [2.05, 4.69) is 4.84 Å². The summed E-state index contributed by atoms with van der Waals surface area (Å²) in [5.74, 6) is -1.14. The number of ether oxygens (including phenoxy) is 2. The highest BCUT2D eigenvalue weighted by molar-refractivity contribution is 5.79. The van der Waals surface area contributed by atoms with Crippen LogP contribution in [-0.2, 0) is 19.2 Å². The summed E-state index contributed by atoms with van der Waals surface area (Å²) >= 11 is 0. The van der Waals surface area contributed by atoms with Gasteiger partial charge in [0.2, 0.25) is 0 Å². The zero-order valence-corrected chi connectivity index (χ0v) is 13.1. The number of nitro benzene ring substituents is 1. The molecule has 0 aliphatic heterocycles. The Morgan fingerprint density at radius 3 is 2.12 bits per heavy atom. The summed E-state index contributed by atoms with van der Waals surface area (Å²) in [5.41, 5.74) is -0.132. The predicted octanol–water partition coefficient (Wildman–Crippen LogP) is 1.81. The first-order chi connectivity index (χ1) is 11.9. The van der Waals surface area contributed by atoms with Crippen molar-refractivity contribution >= 4 is 17.6 Å². The molecular formula is C14H16N2O9. The van der Waals surface area contributed by atoms with E-state index in [-0.39, 0.29) is 37.5 Å². The molecule has 0 aromatic heterocycles. The number of carbonyl (C=O) groups is 2. The van der Waals surface area contributed by atoms with E-state index >= 15 is 0 Å². The van der Waals surface area contributed by atoms with Gasteiger partial charge in [-0.2, -0.15) is 0 Å². The van der Waals surface area contributed by atoms with Crippen LogP contribution in [0.3, 0.4) is 0 Å². The molecule has 0 unspecified atom stereocenters. The van der Waals surface area contributed by atoms with Gasteiger partial charge < -0.3 is 14.3 Å². The van der Waals surface area contributed by atoms with E-state index < -0.39 is 21.9 Å². The van der Waals surface area contributed by atoms with Crippen molar-refractivity contribution in [2.24, 2.45) is 0 Å². The molecule has 0 radical (unpaired) electrons. The minimum atomic E-state index is -0.900. The third-order valence-corrected chi connectivity index (χ3v) is 2.81. The minimum absolute atomic E-state index is 0.0668. The normalized spacial score (nSPS) is 9.92. The summed E-state index contributed by atoms with van der Waals surface area (Å²) in [6.45, 7) is -0.0105. The third-order valence-electron chi connectivity index (χ3n) is 2.81. The largest absolute Gasteiger partial charge is 0.466 e. The molecule has 11 nitrogen and oxygen atoms in total. The first-order valence-corrected chi connectivity index (χ1v) is 7.26. The molecule has 0 aliphatic rings. The van der Waals surface area contributed by atoms with Gasteiger partial charge in [-0.3, -0.25) is 19.7 Å². The van der Waals surface area contributed by atoms with Gasteiger partial charge in [-0.25, -0.2) is 0 Å². The zero-order chi connectivity index (χ0) is 18.7. The quantitative estimate of drug-likeness (QED) is 0.190. The first kappa shape index (κ1) is 19.8. The Morgan fingerprint density at radius 1 is 0.920 bits per heavy atom. The van der Waals surface area contributed by atoms with E-state index in [0.717, 1.165) is 0 Å². The Hall–Kier alpha value is -3.24. The highest BCUT2D eigenvalue weighted by atomic mass is 16.9. The second kappa shape index (κ2) is 10.5. The number of benzene rings is 1. The van der Waals surface area contributed by atoms with Gasteiger partial charge in [0.15, 0.2) is 0 Å². The minimum Gasteiger partial charge on any atom is -0.466 e. The summed E-state index contributed by atoms with van der Waals surface area (Å²) in [7, 11) is 0. The van der Waals surface area contributed by atoms with Crippen LogP contribution in [0.1, 0.15) is 25.7 Å². The van der Waals surface area contributed by atoms with Crippen molar-refractivity contribution in [3.8, 4) is 5.75 Å². The van der Waals surface area contributed by atoms with Crippen LogP contribution >= 0.6 is 0 Å². The van der Waals surface area contributed by atoms with Gasteiger partial charge in [0.05, 0.1) is 31.0 Å². The molecule has 0 bridgehead atoms. The lowest BCUT2D eigenvalue weighted by molar-refractivity contribution is -0.757. The molecule has 0 saturated heterocycles. The Kier molecular flexibility index (Phi) is 8.33. The maximum absolute atomic E-state index is 11.6. The average Bonchev–Trinajstić information content (AvgIpc) is 2.56. The maximum Gasteiger partial charge on any atom is 0.311 e. The van der Waals surface area contributed by atoms with Crippen molar-refractivity contribution in [2.75, 3.05) is 13.2 Å². The lowest BCUT2D eigenvalue weighted by Crippen LogP contribution is -2.13. The Labute approximate surface area is 141 Å². The van der Waals surface area contributed by atoms with Crippen LogP contribution in [-0.4, -0.2) is 35.2 Å². The number of non-ortho nitro benzene ring substituents is 1. The standard InChI is InChI=1S/C14H16N2O9/c17-13(23-9-1-2-10-24-16(21)22)7-8-14(18)25-12-5-3-11(4-6-12)15(19)20/h3-6H,1-2,7-10H2. The summed E-state index contributed by atoms with van der Waals surface area (Å²) in [6.07, 6.45) is 0.362. The lowest BCUT2D eigenvalue weighted by atomic mass is 10.3. The van der Waals surface area contributed by atoms with E-state index in [1.54, 1.807) is 0 Å². The van der Waals surface area contributed by atoms with Gasteiger partial charge >= 0.3 is 11.9 Å². The molecule has 0 fully saturated rings. The molecule has 1 aromatic rings. The smallest absolute Gasteiger partial charge is 0.311 e. The van der Waals surface area contributed by atoms with Crippen LogP contribution in [0.4, 0.5) is 5.69 Å². The Bertz CT molecular complexity index is 615. The molecule has 11 heteroatoms. The average molecular weight is 356 g/mol. The fourth-order valence-electron chi connectivity index (χ4n) is 1.62. The summed E-state index contributed by atoms with van der Waals surface area (Å²) in [5, 5.41) is 19.5. The fourth-order valence-corrected chi connectivity index (χ4v) is 1.62. The van der Waals surface area contributed by atoms with Crippen LogP contribution in [0.25, 0.3) is 0 Å². The van der Waals surface area contributed by atoms with Crippen molar-refractivity contribution in [3.05, 3.63) is 44.5 Å². The number of hydrogen-bond donors (Lipinski definition) is 0. The number of nitro groups is 1. The summed E-state index contributed by atoms with van der Waals surface area (Å²) in [6, 6.07) is 4.95. The highest BCUT2D eigenvalue weighted by Gasteiger charge is 2.11. The van der Waals surface area contributed by atoms with Crippen LogP contribution in [0.15, 0.2) is 24.3 Å². The number of unbranched alkanes of at least 4 members (excludes halogenated alkanes) is 1. The van der Waals surface area contributed by atoms with Crippen LogP contribution < -0.4 is 4.74 Å². The molecule has 136 valence electrons. The van der Waals surface area contributed by atoms with Gasteiger partial charge in [0, 0.05) is 12.1 Å². The summed E-state index contributed by atoms with van der Waals surface area (Å²) in [4.78, 5) is 46.9. The molecular weight excluding hydrogens is 340 g/mol. The van der Waals surface area contributed by atoms with Crippen LogP contribution in [0, 0.1) is 20.2 Å². The predicted molar refractivity (Wildman–Crippen MR) is 81.1 cm³/mol. The first-order valence-electron chi connectivity index (χ1n) is 7.26. The fraction of sp³-hybridized carbons (Fsp3) is 0.429. The third kappa shape index (κ3) is 8.83. The van der Waals surface area contributed by atoms with Gasteiger partial charge in [-0.1, -0.05) is 0 Å². The number of carbonyl (C=O) groups excluding carboxylic acids is 2. The maximum atomic E-state index is 11.6. The number of nitrogens with zero attached hydrogens (tertiary/aromatic N) is 2. The van der Waals surface area contributed by atoms with E-state index in [4.69, 9.17) is 9.47 Å². The van der Waals surface area contributed by atoms with Gasteiger partial charge in [-0.05, 0) is 25.0 Å². The van der Waals surface area contributed by atoms with E-state index in [1.807, 2.05) is 0 Å². The molecule has 0 aliphatic carbocycles. The number of rotatable bonds is 11. The Morgan fingerprint density at radius 2 is 1.52 bits per heavy atom. The van der Waals surface area contributed by atoms with Gasteiger partial charge in [0.1, 0.15) is 5.75 Å². The van der Waals surface area contributed by atoms with Crippen molar-refractivity contribution < 1.29 is 33.9 Å². The highest BCUT2D eigenvalue weighted by Crippen LogP contribution is 2.17. The Balaban J connectivity index is 2.17. The van der Waals surface area contributed by atoms with Crippen molar-refractivity contribution in [3.63, 3.8) is 0 Å². The SMILES string of the molecule is O=C(CCC(=O)Oc1ccc([N+](=O)[O-])cc1)OCCCCO[N+](=O)[O-]. The lowest BCUT2D eigenvalue weighted by Gasteiger charge is -2.05. The molecule has 0 atom stereocenters. The molecule has 1 aromatic carbocycles. The molecule has 0 spiro atoms. The van der Waals surface area contributed by atoms with Crippen molar-refractivity contribution in [1.82, 2.24) is 0 Å². The van der Waals surface area contributed by atoms with Crippen molar-refractivity contribution in [1.29, 1.82) is 0 Å². The topological polar surface area (TPSA) is 148 Å². The second-order valence-corrected chi connectivity index (χ2v) is 4.71. The van der Waals surface area contributed by atoms with E-state index in [0.29, 0.717) is 12.8 Å². The molecule has 0 heterocycles. The molecule has 0 N–H and O–H groups in total. The zero-order valence-electron chi connectivity index (χ0n) is 13.1. The molecule has 0 saturated carbocycles. The van der Waals surface area contributed by atoms with Gasteiger partial charge in [-0.15, -0.1) is 10.1 Å². The molecule has 1 rings (SSSR count). The number of esters is 2. The monoisotopic (exact) mass is 356 g/mol. The van der Waals surface area contributed by atoms with E-state index in [9.17, 15) is 29.8 Å². The van der Waals surface area contributed by atoms with Crippen LogP contribution in [0.2, 0.25) is 0 Å². The van der Waals surface area contributed by atoms with E-state index in [1.165, 1.54) is 24.3 Å². The van der Waals surface area contributed by atoms with Crippen molar-refractivity contribution in [2.45, 2.75) is 25.7 Å².